The molecule has 1 atom stereocenters. The summed E-state index contributed by atoms with van der Waals surface area (Å²) in [5.74, 6) is 0. The highest BCUT2D eigenvalue weighted by Crippen LogP contribution is 2.09. The summed E-state index contributed by atoms with van der Waals surface area (Å²) in [5, 5.41) is 8.19. The molecule has 15 heavy (non-hydrogen) atoms. The van der Waals surface area contributed by atoms with E-state index in [1.807, 2.05) is 0 Å². The molecular weight excluding hydrogens is 186 g/mol. The molecule has 2 aliphatic heterocycles. The van der Waals surface area contributed by atoms with E-state index in [1.54, 1.807) is 0 Å². The highest BCUT2D eigenvalue weighted by molar-refractivity contribution is 4.75. The van der Waals surface area contributed by atoms with Crippen molar-refractivity contribution in [2.75, 3.05) is 39.3 Å². The molecule has 0 aromatic rings. The monoisotopic (exact) mass is 210 g/mol. The van der Waals surface area contributed by atoms with Gasteiger partial charge < -0.3 is 10.2 Å². The maximum absolute atomic E-state index is 4.72. The van der Waals surface area contributed by atoms with Crippen LogP contribution in [0.15, 0.2) is 0 Å². The van der Waals surface area contributed by atoms with Gasteiger partial charge in [-0.1, -0.05) is 6.42 Å². The first kappa shape index (κ1) is 11.4. The third-order valence-corrected chi connectivity index (χ3v) is 3.51. The number of nitrogens with one attached hydrogen (secondary N) is 1. The Bertz CT molecular complexity index is 158. The molecule has 0 aromatic carbocycles. The van der Waals surface area contributed by atoms with Crippen molar-refractivity contribution >= 4 is 0 Å². The minimum atomic E-state index is 0.578. The van der Waals surface area contributed by atoms with Gasteiger partial charge in [0.2, 0.25) is 0 Å². The lowest BCUT2D eigenvalue weighted by Gasteiger charge is -2.27. The van der Waals surface area contributed by atoms with Gasteiger partial charge in [0.25, 0.3) is 0 Å². The molecule has 2 heterocycles. The predicted octanol–water partition coefficient (Wildman–Crippen LogP) is 0.829. The molecule has 2 rings (SSSR count). The van der Waals surface area contributed by atoms with Gasteiger partial charge in [-0.3, -0.25) is 0 Å². The molecule has 1 N–H and O–H groups in total. The molecule has 1 radical (unpaired) electrons. The molecule has 2 saturated heterocycles. The Labute approximate surface area is 93.6 Å². The van der Waals surface area contributed by atoms with Crippen molar-refractivity contribution in [3.8, 4) is 0 Å². The fraction of sp³-hybridized carbons (Fsp3) is 1.00. The lowest BCUT2D eigenvalue weighted by Crippen LogP contribution is -2.37. The molecule has 0 bridgehead atoms. The second kappa shape index (κ2) is 6.46. The lowest BCUT2D eigenvalue weighted by atomic mass is 10.1. The summed E-state index contributed by atoms with van der Waals surface area (Å²) in [5.41, 5.74) is 0. The maximum Gasteiger partial charge on any atom is 0.0382 e. The second-order valence-electron chi connectivity index (χ2n) is 4.81. The van der Waals surface area contributed by atoms with Crippen LogP contribution in [-0.4, -0.2) is 50.2 Å². The number of piperidine rings is 1. The highest BCUT2D eigenvalue weighted by Gasteiger charge is 2.15. The van der Waals surface area contributed by atoms with Gasteiger partial charge in [-0.05, 0) is 51.9 Å². The average molecular weight is 210 g/mol. The van der Waals surface area contributed by atoms with E-state index in [4.69, 9.17) is 5.32 Å². The first-order valence-electron chi connectivity index (χ1n) is 6.55. The molecule has 0 amide bonds. The Balaban J connectivity index is 1.62. The van der Waals surface area contributed by atoms with Crippen LogP contribution in [0.3, 0.4) is 0 Å². The largest absolute Gasteiger partial charge is 0.315 e. The Kier molecular flexibility index (Phi) is 4.90. The molecule has 0 aromatic heterocycles. The first-order valence-corrected chi connectivity index (χ1v) is 6.55. The van der Waals surface area contributed by atoms with Crippen LogP contribution in [0.5, 0.6) is 0 Å². The number of hydrogen-bond donors (Lipinski definition) is 1. The molecule has 1 unspecified atom stereocenters. The Morgan fingerprint density at radius 3 is 2.87 bits per heavy atom. The summed E-state index contributed by atoms with van der Waals surface area (Å²) in [6.45, 7) is 7.23. The Morgan fingerprint density at radius 2 is 2.00 bits per heavy atom. The molecule has 0 aliphatic carbocycles. The number of likely N-dealkylation sites (tertiary alicyclic amines) is 1. The van der Waals surface area contributed by atoms with Gasteiger partial charge in [0.15, 0.2) is 0 Å². The summed E-state index contributed by atoms with van der Waals surface area (Å²) in [7, 11) is 0. The van der Waals surface area contributed by atoms with Crippen molar-refractivity contribution < 1.29 is 0 Å². The summed E-state index contributed by atoms with van der Waals surface area (Å²) in [6, 6.07) is 0.578. The van der Waals surface area contributed by atoms with E-state index in [0.717, 1.165) is 19.6 Å². The van der Waals surface area contributed by atoms with Gasteiger partial charge >= 0.3 is 0 Å². The molecule has 0 saturated carbocycles. The average Bonchev–Trinajstić information content (AvgIpc) is 2.56. The standard InChI is InChI=1S/C12H24N3/c1-2-8-15(9-3-1)10-5-12-11-13-6-4-7-14-12/h12-13H,1-11H2. The third-order valence-electron chi connectivity index (χ3n) is 3.51. The van der Waals surface area contributed by atoms with Gasteiger partial charge in [-0.2, -0.15) is 0 Å². The van der Waals surface area contributed by atoms with Gasteiger partial charge in [0, 0.05) is 19.1 Å². The number of rotatable bonds is 3. The van der Waals surface area contributed by atoms with Crippen LogP contribution in [0.25, 0.3) is 0 Å². The van der Waals surface area contributed by atoms with Crippen LogP contribution in [0.2, 0.25) is 0 Å². The van der Waals surface area contributed by atoms with Crippen LogP contribution in [0.4, 0.5) is 0 Å². The van der Waals surface area contributed by atoms with E-state index < -0.39 is 0 Å². The van der Waals surface area contributed by atoms with Crippen molar-refractivity contribution in [1.29, 1.82) is 0 Å². The minimum Gasteiger partial charge on any atom is -0.315 e. The molecule has 2 fully saturated rings. The zero-order chi connectivity index (χ0) is 10.3. The molecule has 3 heteroatoms. The van der Waals surface area contributed by atoms with Crippen LogP contribution in [0.1, 0.15) is 32.1 Å². The molecular formula is C12H24N3. The molecule has 3 nitrogen and oxygen atoms in total. The van der Waals surface area contributed by atoms with Crippen molar-refractivity contribution in [2.24, 2.45) is 0 Å². The Morgan fingerprint density at radius 1 is 1.13 bits per heavy atom. The minimum absolute atomic E-state index is 0.578. The van der Waals surface area contributed by atoms with E-state index in [2.05, 4.69) is 10.2 Å². The quantitative estimate of drug-likeness (QED) is 0.747. The van der Waals surface area contributed by atoms with Crippen LogP contribution < -0.4 is 10.6 Å². The Hall–Kier alpha value is -0.120. The SMILES string of the molecule is C1CCN(CCC2CNCCC[N]2)CC1. The topological polar surface area (TPSA) is 29.4 Å². The second-order valence-corrected chi connectivity index (χ2v) is 4.81. The van der Waals surface area contributed by atoms with Crippen molar-refractivity contribution in [3.05, 3.63) is 0 Å². The molecule has 2 aliphatic rings. The summed E-state index contributed by atoms with van der Waals surface area (Å²) in [4.78, 5) is 2.61. The first-order chi connectivity index (χ1) is 7.45. The van der Waals surface area contributed by atoms with Crippen LogP contribution in [0, 0.1) is 0 Å². The smallest absolute Gasteiger partial charge is 0.0382 e. The highest BCUT2D eigenvalue weighted by atomic mass is 15.1. The van der Waals surface area contributed by atoms with Crippen molar-refractivity contribution in [1.82, 2.24) is 15.5 Å². The van der Waals surface area contributed by atoms with E-state index in [-0.39, 0.29) is 0 Å². The predicted molar refractivity (Wildman–Crippen MR) is 63.2 cm³/mol. The fourth-order valence-electron chi connectivity index (χ4n) is 2.52. The van der Waals surface area contributed by atoms with E-state index in [9.17, 15) is 0 Å². The van der Waals surface area contributed by atoms with Crippen molar-refractivity contribution in [3.63, 3.8) is 0 Å². The van der Waals surface area contributed by atoms with E-state index in [1.165, 1.54) is 51.7 Å². The fourth-order valence-corrected chi connectivity index (χ4v) is 2.52. The van der Waals surface area contributed by atoms with Gasteiger partial charge in [0.05, 0.1) is 0 Å². The van der Waals surface area contributed by atoms with Crippen molar-refractivity contribution in [2.45, 2.75) is 38.1 Å². The molecule has 87 valence electrons. The number of hydrogen-bond acceptors (Lipinski definition) is 2. The van der Waals surface area contributed by atoms with Gasteiger partial charge in [-0.25, -0.2) is 5.32 Å². The zero-order valence-corrected chi connectivity index (χ0v) is 9.75. The van der Waals surface area contributed by atoms with E-state index >= 15 is 0 Å². The third kappa shape index (κ3) is 4.09. The lowest BCUT2D eigenvalue weighted by molar-refractivity contribution is 0.217. The van der Waals surface area contributed by atoms with Crippen LogP contribution in [-0.2, 0) is 0 Å². The normalized spacial score (nSPS) is 30.0. The van der Waals surface area contributed by atoms with Gasteiger partial charge in [0.1, 0.15) is 0 Å². The summed E-state index contributed by atoms with van der Waals surface area (Å²) in [6.07, 6.45) is 6.72. The molecule has 0 spiro atoms. The summed E-state index contributed by atoms with van der Waals surface area (Å²) < 4.78 is 0. The van der Waals surface area contributed by atoms with E-state index in [0.29, 0.717) is 6.04 Å². The maximum atomic E-state index is 4.72. The van der Waals surface area contributed by atoms with Gasteiger partial charge in [-0.15, -0.1) is 0 Å². The summed E-state index contributed by atoms with van der Waals surface area (Å²) >= 11 is 0. The van der Waals surface area contributed by atoms with Crippen LogP contribution >= 0.6 is 0 Å². The number of nitrogens with zero attached hydrogens (tertiary/aromatic N) is 2. The zero-order valence-electron chi connectivity index (χ0n) is 9.75.